The van der Waals surface area contributed by atoms with Gasteiger partial charge in [-0.3, -0.25) is 0 Å². The predicted molar refractivity (Wildman–Crippen MR) is 106 cm³/mol. The third-order valence-electron chi connectivity index (χ3n) is 4.99. The number of rotatable bonds is 4. The highest BCUT2D eigenvalue weighted by molar-refractivity contribution is 6.09. The van der Waals surface area contributed by atoms with E-state index in [0.29, 0.717) is 0 Å². The van der Waals surface area contributed by atoms with Gasteiger partial charge in [-0.2, -0.15) is 0 Å². The summed E-state index contributed by atoms with van der Waals surface area (Å²) in [6.07, 6.45) is 2.31. The first-order valence-corrected chi connectivity index (χ1v) is 9.20. The maximum absolute atomic E-state index is 6.23. The van der Waals surface area contributed by atoms with E-state index in [-0.39, 0.29) is 0 Å². The van der Waals surface area contributed by atoms with E-state index in [9.17, 15) is 0 Å². The molecule has 4 aromatic rings. The lowest BCUT2D eigenvalue weighted by Gasteiger charge is -1.96. The van der Waals surface area contributed by atoms with Crippen LogP contribution in [0.2, 0.25) is 0 Å². The number of unbranched alkanes of at least 4 members (excludes halogenated alkanes) is 1. The van der Waals surface area contributed by atoms with Crippen LogP contribution >= 0.6 is 0 Å². The molecule has 0 amide bonds. The summed E-state index contributed by atoms with van der Waals surface area (Å²) in [5.74, 6) is 0. The molecular formula is C23H20N2O+2. The molecule has 2 heterocycles. The molecule has 0 spiro atoms. The summed E-state index contributed by atoms with van der Waals surface area (Å²) in [7, 11) is 0. The topological polar surface area (TPSA) is 19.2 Å². The second-order valence-electron chi connectivity index (χ2n) is 6.68. The third kappa shape index (κ3) is 2.22. The van der Waals surface area contributed by atoms with Crippen molar-refractivity contribution in [3.05, 3.63) is 66.7 Å². The molecule has 0 fully saturated rings. The molecule has 0 saturated heterocycles. The highest BCUT2D eigenvalue weighted by atomic mass is 16.3. The van der Waals surface area contributed by atoms with E-state index >= 15 is 0 Å². The quantitative estimate of drug-likeness (QED) is 0.414. The minimum atomic E-state index is 0.911. The Morgan fingerprint density at radius 1 is 0.808 bits per heavy atom. The summed E-state index contributed by atoms with van der Waals surface area (Å²) in [6, 6.07) is 26.6. The van der Waals surface area contributed by atoms with Gasteiger partial charge in [-0.25, -0.2) is 0 Å². The van der Waals surface area contributed by atoms with E-state index in [0.717, 1.165) is 46.3 Å². The Labute approximate surface area is 152 Å². The highest BCUT2D eigenvalue weighted by Crippen LogP contribution is 2.39. The van der Waals surface area contributed by atoms with Crippen LogP contribution in [0.5, 0.6) is 0 Å². The minimum Gasteiger partial charge on any atom is -0.449 e. The van der Waals surface area contributed by atoms with Crippen molar-refractivity contribution in [1.29, 1.82) is 0 Å². The average molecular weight is 340 g/mol. The van der Waals surface area contributed by atoms with Crippen LogP contribution in [0, 0.1) is 0 Å². The Morgan fingerprint density at radius 3 is 2.42 bits per heavy atom. The van der Waals surface area contributed by atoms with Crippen molar-refractivity contribution in [3.8, 4) is 0 Å². The second-order valence-corrected chi connectivity index (χ2v) is 6.68. The number of fused-ring (bicyclic) bond motifs is 4. The van der Waals surface area contributed by atoms with E-state index < -0.39 is 0 Å². The summed E-state index contributed by atoms with van der Waals surface area (Å²) in [6.45, 7) is 3.19. The summed E-state index contributed by atoms with van der Waals surface area (Å²) < 4.78 is 10.6. The van der Waals surface area contributed by atoms with Crippen molar-refractivity contribution in [3.63, 3.8) is 0 Å². The zero-order valence-electron chi connectivity index (χ0n) is 14.8. The molecule has 3 aromatic carbocycles. The molecule has 5 rings (SSSR count). The predicted octanol–water partition coefficient (Wildman–Crippen LogP) is 6.05. The molecule has 3 nitrogen and oxygen atoms in total. The Balaban J connectivity index is 1.78. The van der Waals surface area contributed by atoms with E-state index in [1.54, 1.807) is 0 Å². The number of para-hydroxylation sites is 4. The van der Waals surface area contributed by atoms with E-state index in [4.69, 9.17) is 4.42 Å². The van der Waals surface area contributed by atoms with E-state index in [1.807, 2.05) is 12.1 Å². The van der Waals surface area contributed by atoms with Crippen LogP contribution in [0.3, 0.4) is 0 Å². The van der Waals surface area contributed by atoms with Gasteiger partial charge in [0.1, 0.15) is 5.58 Å². The van der Waals surface area contributed by atoms with Gasteiger partial charge < -0.3 is 4.42 Å². The van der Waals surface area contributed by atoms with Gasteiger partial charge in [0.2, 0.25) is 5.58 Å². The van der Waals surface area contributed by atoms with E-state index in [2.05, 4.69) is 76.7 Å². The first-order chi connectivity index (χ1) is 12.9. The largest absolute Gasteiger partial charge is 0.496 e. The fourth-order valence-corrected chi connectivity index (χ4v) is 3.69. The van der Waals surface area contributed by atoms with Crippen molar-refractivity contribution < 1.29 is 8.99 Å². The first kappa shape index (κ1) is 15.1. The van der Waals surface area contributed by atoms with Gasteiger partial charge in [-0.05, 0) is 16.7 Å². The lowest BCUT2D eigenvalue weighted by atomic mass is 10.1. The molecule has 0 aliphatic carbocycles. The van der Waals surface area contributed by atoms with Gasteiger partial charge >= 0.3 is 6.01 Å². The number of benzene rings is 3. The van der Waals surface area contributed by atoms with Crippen LogP contribution in [0.15, 0.2) is 71.1 Å². The minimum absolute atomic E-state index is 0.911. The van der Waals surface area contributed by atoms with Crippen molar-refractivity contribution in [2.75, 3.05) is 6.54 Å². The van der Waals surface area contributed by atoms with Crippen LogP contribution in [0.1, 0.15) is 19.8 Å². The molecule has 1 aliphatic heterocycles. The Kier molecular flexibility index (Phi) is 3.48. The van der Waals surface area contributed by atoms with Crippen LogP contribution < -0.4 is 4.58 Å². The van der Waals surface area contributed by atoms with Gasteiger partial charge in [0.15, 0.2) is 6.54 Å². The van der Waals surface area contributed by atoms with Crippen molar-refractivity contribution in [2.45, 2.75) is 19.8 Å². The van der Waals surface area contributed by atoms with Gasteiger partial charge in [-0.15, -0.1) is 0 Å². The number of hydrogen-bond donors (Lipinski definition) is 0. The zero-order valence-corrected chi connectivity index (χ0v) is 14.8. The zero-order chi connectivity index (χ0) is 17.5. The molecule has 0 radical (unpaired) electrons. The Morgan fingerprint density at radius 2 is 1.54 bits per heavy atom. The SMILES string of the molecule is CCCC[N+]1=C=[N+](c2cccc3c2oc2ccccc23)c2ccccc21. The number of hydrogen-bond acceptors (Lipinski definition) is 1. The van der Waals surface area contributed by atoms with Crippen LogP contribution in [-0.4, -0.2) is 17.1 Å². The summed E-state index contributed by atoms with van der Waals surface area (Å²) in [4.78, 5) is 0. The summed E-state index contributed by atoms with van der Waals surface area (Å²) in [5, 5.41) is 2.30. The summed E-state index contributed by atoms with van der Waals surface area (Å²) >= 11 is 0. The van der Waals surface area contributed by atoms with E-state index in [1.165, 1.54) is 12.1 Å². The van der Waals surface area contributed by atoms with Crippen LogP contribution in [0.25, 0.3) is 21.9 Å². The van der Waals surface area contributed by atoms with Crippen molar-refractivity contribution in [1.82, 2.24) is 4.58 Å². The van der Waals surface area contributed by atoms with Gasteiger partial charge in [0.25, 0.3) is 17.1 Å². The Hall–Kier alpha value is -3.16. The lowest BCUT2D eigenvalue weighted by Crippen LogP contribution is -2.04. The molecule has 0 bridgehead atoms. The molecule has 3 heteroatoms. The fourth-order valence-electron chi connectivity index (χ4n) is 3.69. The monoisotopic (exact) mass is 340 g/mol. The second kappa shape index (κ2) is 5.98. The first-order valence-electron chi connectivity index (χ1n) is 9.20. The standard InChI is InChI=1S/C23H20N2O/c1-2-3-15-24-16-25(20-12-6-5-11-19(20)24)21-13-8-10-18-17-9-4-7-14-22(17)26-23(18)21/h4-14H,2-3,15H2,1H3/q+2. The van der Waals surface area contributed by atoms with Crippen LogP contribution in [-0.2, 0) is 0 Å². The number of nitrogens with zero attached hydrogens (tertiary/aromatic N) is 2. The van der Waals surface area contributed by atoms with Gasteiger partial charge in [0, 0.05) is 35.4 Å². The molecular weight excluding hydrogens is 320 g/mol. The summed E-state index contributed by atoms with van der Waals surface area (Å²) in [5.41, 5.74) is 5.22. The normalized spacial score (nSPS) is 13.1. The maximum atomic E-state index is 6.23. The molecule has 26 heavy (non-hydrogen) atoms. The highest BCUT2D eigenvalue weighted by Gasteiger charge is 2.35. The molecule has 0 atom stereocenters. The van der Waals surface area contributed by atoms with Crippen molar-refractivity contribution in [2.24, 2.45) is 0 Å². The molecule has 126 valence electrons. The molecule has 1 aromatic heterocycles. The molecule has 0 N–H and O–H groups in total. The van der Waals surface area contributed by atoms with Gasteiger partial charge in [0.05, 0.1) is 0 Å². The fraction of sp³-hybridized carbons (Fsp3) is 0.174. The maximum Gasteiger partial charge on any atom is 0.496 e. The number of furan rings is 1. The lowest BCUT2D eigenvalue weighted by molar-refractivity contribution is -0.431. The van der Waals surface area contributed by atoms with Crippen LogP contribution in [0.4, 0.5) is 17.1 Å². The Bertz CT molecular complexity index is 1210. The third-order valence-corrected chi connectivity index (χ3v) is 4.99. The average Bonchev–Trinajstić information content (AvgIpc) is 3.25. The smallest absolute Gasteiger partial charge is 0.449 e. The van der Waals surface area contributed by atoms with Gasteiger partial charge in [-0.1, -0.05) is 54.3 Å². The van der Waals surface area contributed by atoms with Crippen molar-refractivity contribution >= 4 is 45.0 Å². The molecule has 0 unspecified atom stereocenters. The molecule has 1 aliphatic rings. The molecule has 0 saturated carbocycles.